The number of esters is 1. The Bertz CT molecular complexity index is 260. The largest absolute Gasteiger partial charge is 0.469 e. The molecule has 0 radical (unpaired) electrons. The lowest BCUT2D eigenvalue weighted by Crippen LogP contribution is -2.36. The fourth-order valence-electron chi connectivity index (χ4n) is 2.07. The molecular weight excluding hydrogens is 220 g/mol. The summed E-state index contributed by atoms with van der Waals surface area (Å²) in [5.74, 6) is -0.0300. The van der Waals surface area contributed by atoms with Crippen molar-refractivity contribution in [1.29, 1.82) is 0 Å². The molecule has 98 valence electrons. The normalized spacial score (nSPS) is 24.1. The molecule has 0 heterocycles. The van der Waals surface area contributed by atoms with Gasteiger partial charge in [0.25, 0.3) is 0 Å². The molecule has 0 aliphatic heterocycles. The van der Waals surface area contributed by atoms with E-state index < -0.39 is 0 Å². The number of methoxy groups -OCH3 is 1. The van der Waals surface area contributed by atoms with Crippen molar-refractivity contribution in [1.82, 2.24) is 5.32 Å². The Labute approximate surface area is 102 Å². The third kappa shape index (κ3) is 5.17. The molecule has 5 heteroatoms. The molecule has 0 atom stereocenters. The number of rotatable bonds is 5. The van der Waals surface area contributed by atoms with Gasteiger partial charge in [-0.2, -0.15) is 0 Å². The summed E-state index contributed by atoms with van der Waals surface area (Å²) in [5, 5.41) is 2.86. The van der Waals surface area contributed by atoms with Gasteiger partial charge in [-0.1, -0.05) is 0 Å². The predicted octanol–water partition coefficient (Wildman–Crippen LogP) is 0.573. The van der Waals surface area contributed by atoms with Crippen molar-refractivity contribution in [3.63, 3.8) is 0 Å². The lowest BCUT2D eigenvalue weighted by Gasteiger charge is -2.25. The van der Waals surface area contributed by atoms with E-state index in [2.05, 4.69) is 10.1 Å². The van der Waals surface area contributed by atoms with Gasteiger partial charge in [-0.3, -0.25) is 9.59 Å². The van der Waals surface area contributed by atoms with Gasteiger partial charge < -0.3 is 15.8 Å². The maximum Gasteiger partial charge on any atom is 0.305 e. The van der Waals surface area contributed by atoms with Crippen LogP contribution in [0.5, 0.6) is 0 Å². The summed E-state index contributed by atoms with van der Waals surface area (Å²) in [6.45, 7) is 0.538. The number of nitrogens with two attached hydrogens (primary N) is 1. The van der Waals surface area contributed by atoms with Gasteiger partial charge in [-0.25, -0.2) is 0 Å². The molecular formula is C12H22N2O3. The molecule has 0 bridgehead atoms. The Morgan fingerprint density at radius 2 is 1.94 bits per heavy atom. The van der Waals surface area contributed by atoms with E-state index in [9.17, 15) is 9.59 Å². The highest BCUT2D eigenvalue weighted by atomic mass is 16.5. The van der Waals surface area contributed by atoms with Crippen LogP contribution in [0, 0.1) is 5.92 Å². The predicted molar refractivity (Wildman–Crippen MR) is 64.2 cm³/mol. The summed E-state index contributed by atoms with van der Waals surface area (Å²) in [7, 11) is 1.37. The quantitative estimate of drug-likeness (QED) is 0.545. The average Bonchev–Trinajstić information content (AvgIpc) is 2.34. The molecule has 1 saturated carbocycles. The summed E-state index contributed by atoms with van der Waals surface area (Å²) in [5.41, 5.74) is 5.78. The first-order chi connectivity index (χ1) is 8.13. The van der Waals surface area contributed by atoms with E-state index in [0.717, 1.165) is 25.7 Å². The Morgan fingerprint density at radius 3 is 2.53 bits per heavy atom. The van der Waals surface area contributed by atoms with Gasteiger partial charge in [0, 0.05) is 24.9 Å². The molecule has 0 spiro atoms. The van der Waals surface area contributed by atoms with Crippen molar-refractivity contribution < 1.29 is 14.3 Å². The maximum atomic E-state index is 11.8. The molecule has 17 heavy (non-hydrogen) atoms. The highest BCUT2D eigenvalue weighted by Gasteiger charge is 2.23. The van der Waals surface area contributed by atoms with Crippen LogP contribution in [-0.2, 0) is 14.3 Å². The minimum absolute atomic E-state index is 0.0989. The van der Waals surface area contributed by atoms with Crippen molar-refractivity contribution in [2.75, 3.05) is 13.7 Å². The van der Waals surface area contributed by atoms with Crippen LogP contribution < -0.4 is 11.1 Å². The van der Waals surface area contributed by atoms with E-state index in [1.165, 1.54) is 7.11 Å². The van der Waals surface area contributed by atoms with Crippen LogP contribution in [0.1, 0.15) is 38.5 Å². The van der Waals surface area contributed by atoms with Gasteiger partial charge in [0.15, 0.2) is 0 Å². The number of carbonyl (C=O) groups excluding carboxylic acids is 2. The monoisotopic (exact) mass is 242 g/mol. The SMILES string of the molecule is COC(=O)CCCNC(=O)C1CCC(N)CC1. The average molecular weight is 242 g/mol. The van der Waals surface area contributed by atoms with Gasteiger partial charge >= 0.3 is 5.97 Å². The maximum absolute atomic E-state index is 11.8. The second kappa shape index (κ2) is 7.27. The van der Waals surface area contributed by atoms with E-state index in [1.807, 2.05) is 0 Å². The third-order valence-electron chi connectivity index (χ3n) is 3.23. The molecule has 0 unspecified atom stereocenters. The minimum atomic E-state index is -0.233. The second-order valence-electron chi connectivity index (χ2n) is 4.58. The number of nitrogens with one attached hydrogen (secondary N) is 1. The van der Waals surface area contributed by atoms with Crippen LogP contribution in [0.15, 0.2) is 0 Å². The molecule has 0 aromatic heterocycles. The zero-order chi connectivity index (χ0) is 12.7. The first-order valence-electron chi connectivity index (χ1n) is 6.23. The van der Waals surface area contributed by atoms with Crippen molar-refractivity contribution in [3.8, 4) is 0 Å². The van der Waals surface area contributed by atoms with Crippen LogP contribution in [0.2, 0.25) is 0 Å². The molecule has 3 N–H and O–H groups in total. The molecule has 0 aromatic rings. The smallest absolute Gasteiger partial charge is 0.305 e. The van der Waals surface area contributed by atoms with Gasteiger partial charge in [-0.15, -0.1) is 0 Å². The molecule has 1 amide bonds. The Hall–Kier alpha value is -1.10. The first kappa shape index (κ1) is 14.0. The number of amides is 1. The number of hydrogen-bond acceptors (Lipinski definition) is 4. The van der Waals surface area contributed by atoms with Crippen LogP contribution in [0.25, 0.3) is 0 Å². The van der Waals surface area contributed by atoms with Crippen LogP contribution in [0.3, 0.4) is 0 Å². The molecule has 5 nitrogen and oxygen atoms in total. The highest BCUT2D eigenvalue weighted by molar-refractivity contribution is 5.78. The van der Waals surface area contributed by atoms with Gasteiger partial charge in [0.1, 0.15) is 0 Å². The summed E-state index contributed by atoms with van der Waals surface area (Å²) in [6.07, 6.45) is 4.60. The zero-order valence-electron chi connectivity index (χ0n) is 10.4. The molecule has 1 aliphatic carbocycles. The van der Waals surface area contributed by atoms with Gasteiger partial charge in [0.05, 0.1) is 7.11 Å². The standard InChI is InChI=1S/C12H22N2O3/c1-17-11(15)3-2-8-14-12(16)9-4-6-10(13)7-5-9/h9-10H,2-8,13H2,1H3,(H,14,16). The molecule has 1 rings (SSSR count). The number of carbonyl (C=O) groups is 2. The van der Waals surface area contributed by atoms with Crippen molar-refractivity contribution >= 4 is 11.9 Å². The first-order valence-corrected chi connectivity index (χ1v) is 6.23. The fraction of sp³-hybridized carbons (Fsp3) is 0.833. The Kier molecular flexibility index (Phi) is 5.97. The lowest BCUT2D eigenvalue weighted by molar-refractivity contribution is -0.140. The van der Waals surface area contributed by atoms with Gasteiger partial charge in [0.2, 0.25) is 5.91 Å². The Morgan fingerprint density at radius 1 is 1.29 bits per heavy atom. The second-order valence-corrected chi connectivity index (χ2v) is 4.58. The molecule has 1 aliphatic rings. The highest BCUT2D eigenvalue weighted by Crippen LogP contribution is 2.23. The third-order valence-corrected chi connectivity index (χ3v) is 3.23. The summed E-state index contributed by atoms with van der Waals surface area (Å²) >= 11 is 0. The lowest BCUT2D eigenvalue weighted by atomic mass is 9.86. The zero-order valence-corrected chi connectivity index (χ0v) is 10.4. The topological polar surface area (TPSA) is 81.4 Å². The summed E-state index contributed by atoms with van der Waals surface area (Å²) < 4.78 is 4.52. The Balaban J connectivity index is 2.10. The summed E-state index contributed by atoms with van der Waals surface area (Å²) in [4.78, 5) is 22.6. The van der Waals surface area contributed by atoms with Crippen molar-refractivity contribution in [2.24, 2.45) is 11.7 Å². The van der Waals surface area contributed by atoms with E-state index in [0.29, 0.717) is 19.4 Å². The van der Waals surface area contributed by atoms with Crippen molar-refractivity contribution in [2.45, 2.75) is 44.6 Å². The number of ether oxygens (including phenoxy) is 1. The minimum Gasteiger partial charge on any atom is -0.469 e. The molecule has 1 fully saturated rings. The van der Waals surface area contributed by atoms with Gasteiger partial charge in [-0.05, 0) is 32.1 Å². The molecule has 0 saturated heterocycles. The summed E-state index contributed by atoms with van der Waals surface area (Å²) in [6, 6.07) is 0.262. The van der Waals surface area contributed by atoms with Crippen molar-refractivity contribution in [3.05, 3.63) is 0 Å². The van der Waals surface area contributed by atoms with E-state index in [4.69, 9.17) is 5.73 Å². The number of hydrogen-bond donors (Lipinski definition) is 2. The van der Waals surface area contributed by atoms with Crippen LogP contribution >= 0.6 is 0 Å². The van der Waals surface area contributed by atoms with Crippen LogP contribution in [-0.4, -0.2) is 31.6 Å². The van der Waals surface area contributed by atoms with E-state index in [1.54, 1.807) is 0 Å². The van der Waals surface area contributed by atoms with E-state index in [-0.39, 0.29) is 23.8 Å². The van der Waals surface area contributed by atoms with E-state index >= 15 is 0 Å². The molecule has 0 aromatic carbocycles. The fourth-order valence-corrected chi connectivity index (χ4v) is 2.07. The van der Waals surface area contributed by atoms with Crippen LogP contribution in [0.4, 0.5) is 0 Å².